The Morgan fingerprint density at radius 3 is 2.29 bits per heavy atom. The largest absolute Gasteiger partial charge is 0.462 e. The Morgan fingerprint density at radius 1 is 0.958 bits per heavy atom. The molecule has 1 aromatic carbocycles. The number of benzene rings is 1. The lowest BCUT2D eigenvalue weighted by Gasteiger charge is -2.12. The first kappa shape index (κ1) is 20.2. The third kappa shape index (κ3) is 7.62. The first-order valence-corrected chi connectivity index (χ1v) is 9.06. The molecular formula is C20H30O4. The maximum atomic E-state index is 12.1. The summed E-state index contributed by atoms with van der Waals surface area (Å²) in [5.74, 6) is -0.785. The van der Waals surface area contributed by atoms with Crippen molar-refractivity contribution < 1.29 is 19.1 Å². The number of ether oxygens (including phenoxy) is 2. The fourth-order valence-electron chi connectivity index (χ4n) is 2.44. The second-order valence-electron chi connectivity index (χ2n) is 6.14. The summed E-state index contributed by atoms with van der Waals surface area (Å²) in [5.41, 5.74) is 0.775. The summed E-state index contributed by atoms with van der Waals surface area (Å²) in [7, 11) is 0. The van der Waals surface area contributed by atoms with Gasteiger partial charge in [0, 0.05) is 0 Å². The fraction of sp³-hybridized carbons (Fsp3) is 0.600. The van der Waals surface area contributed by atoms with E-state index in [0.717, 1.165) is 25.7 Å². The predicted octanol–water partition coefficient (Wildman–Crippen LogP) is 5.16. The van der Waals surface area contributed by atoms with Gasteiger partial charge in [0.2, 0.25) is 0 Å². The zero-order valence-corrected chi connectivity index (χ0v) is 15.2. The molecule has 0 amide bonds. The van der Waals surface area contributed by atoms with E-state index >= 15 is 0 Å². The van der Waals surface area contributed by atoms with Crippen LogP contribution >= 0.6 is 0 Å². The van der Waals surface area contributed by atoms with Crippen molar-refractivity contribution >= 4 is 11.9 Å². The van der Waals surface area contributed by atoms with Crippen LogP contribution in [0.25, 0.3) is 0 Å². The van der Waals surface area contributed by atoms with Crippen molar-refractivity contribution in [2.45, 2.75) is 71.8 Å². The topological polar surface area (TPSA) is 52.6 Å². The number of esters is 2. The van der Waals surface area contributed by atoms with Gasteiger partial charge in [0.1, 0.15) is 0 Å². The Kier molecular flexibility index (Phi) is 9.81. The van der Waals surface area contributed by atoms with Gasteiger partial charge in [0.25, 0.3) is 0 Å². The molecule has 0 spiro atoms. The van der Waals surface area contributed by atoms with E-state index in [1.807, 2.05) is 13.8 Å². The molecule has 134 valence electrons. The molecule has 4 heteroatoms. The number of carbonyl (C=O) groups is 2. The van der Waals surface area contributed by atoms with E-state index in [2.05, 4.69) is 6.92 Å². The minimum Gasteiger partial charge on any atom is -0.462 e. The van der Waals surface area contributed by atoms with Crippen molar-refractivity contribution in [1.29, 1.82) is 0 Å². The Hall–Kier alpha value is -1.84. The number of hydrogen-bond acceptors (Lipinski definition) is 4. The van der Waals surface area contributed by atoms with Crippen molar-refractivity contribution in [2.75, 3.05) is 6.61 Å². The van der Waals surface area contributed by atoms with Crippen LogP contribution in [0.4, 0.5) is 0 Å². The minimum atomic E-state index is -0.398. The maximum absolute atomic E-state index is 12.1. The summed E-state index contributed by atoms with van der Waals surface area (Å²) < 4.78 is 10.6. The third-order valence-corrected chi connectivity index (χ3v) is 3.82. The van der Waals surface area contributed by atoms with Crippen LogP contribution in [-0.4, -0.2) is 24.6 Å². The Balaban J connectivity index is 2.48. The molecule has 4 nitrogen and oxygen atoms in total. The van der Waals surface area contributed by atoms with Crippen LogP contribution in [-0.2, 0) is 9.47 Å². The van der Waals surface area contributed by atoms with Gasteiger partial charge in [0.05, 0.1) is 23.8 Å². The first-order chi connectivity index (χ1) is 11.6. The zero-order valence-electron chi connectivity index (χ0n) is 15.2. The third-order valence-electron chi connectivity index (χ3n) is 3.82. The Bertz CT molecular complexity index is 510. The summed E-state index contributed by atoms with van der Waals surface area (Å²) in [6, 6.07) is 6.54. The summed E-state index contributed by atoms with van der Waals surface area (Å²) in [5, 5.41) is 0. The van der Waals surface area contributed by atoms with E-state index in [0.29, 0.717) is 17.7 Å². The zero-order chi connectivity index (χ0) is 17.8. The number of carbonyl (C=O) groups excluding carboxylic acids is 2. The average Bonchev–Trinajstić information content (AvgIpc) is 2.58. The molecule has 0 aliphatic heterocycles. The number of unbranched alkanes of at least 4 members (excludes halogenated alkanes) is 4. The highest BCUT2D eigenvalue weighted by Crippen LogP contribution is 2.12. The predicted molar refractivity (Wildman–Crippen MR) is 95.3 cm³/mol. The molecule has 0 aromatic heterocycles. The summed E-state index contributed by atoms with van der Waals surface area (Å²) in [4.78, 5) is 24.1. The quantitative estimate of drug-likeness (QED) is 0.414. The fourth-order valence-corrected chi connectivity index (χ4v) is 2.44. The van der Waals surface area contributed by atoms with Crippen LogP contribution in [0.1, 0.15) is 86.4 Å². The molecule has 24 heavy (non-hydrogen) atoms. The molecule has 0 fully saturated rings. The van der Waals surface area contributed by atoms with Gasteiger partial charge in [-0.2, -0.15) is 0 Å². The van der Waals surface area contributed by atoms with Crippen LogP contribution in [0.5, 0.6) is 0 Å². The van der Waals surface area contributed by atoms with Crippen LogP contribution in [0.15, 0.2) is 24.3 Å². The Labute approximate surface area is 145 Å². The highest BCUT2D eigenvalue weighted by Gasteiger charge is 2.14. The molecule has 1 aromatic rings. The molecule has 1 rings (SSSR count). The normalized spacial score (nSPS) is 11.8. The van der Waals surface area contributed by atoms with Gasteiger partial charge < -0.3 is 9.47 Å². The van der Waals surface area contributed by atoms with Crippen LogP contribution < -0.4 is 0 Å². The van der Waals surface area contributed by atoms with Crippen LogP contribution in [0.3, 0.4) is 0 Å². The minimum absolute atomic E-state index is 0.124. The standard InChI is InChI=1S/C20H30O4/c1-4-6-7-8-9-14-23-19(21)17-12-10-13-18(15-17)20(22)24-16(3)11-5-2/h10,12-13,15-16H,4-9,11,14H2,1-3H3. The van der Waals surface area contributed by atoms with Gasteiger partial charge in [0.15, 0.2) is 0 Å². The van der Waals surface area contributed by atoms with Crippen molar-refractivity contribution in [2.24, 2.45) is 0 Å². The molecule has 0 N–H and O–H groups in total. The van der Waals surface area contributed by atoms with E-state index in [1.54, 1.807) is 24.3 Å². The Morgan fingerprint density at radius 2 is 1.62 bits per heavy atom. The second kappa shape index (κ2) is 11.7. The monoisotopic (exact) mass is 334 g/mol. The first-order valence-electron chi connectivity index (χ1n) is 9.06. The van der Waals surface area contributed by atoms with Gasteiger partial charge >= 0.3 is 11.9 Å². The maximum Gasteiger partial charge on any atom is 0.338 e. The van der Waals surface area contributed by atoms with Gasteiger partial charge in [-0.25, -0.2) is 9.59 Å². The smallest absolute Gasteiger partial charge is 0.338 e. The van der Waals surface area contributed by atoms with Crippen molar-refractivity contribution in [1.82, 2.24) is 0 Å². The van der Waals surface area contributed by atoms with Crippen LogP contribution in [0, 0.1) is 0 Å². The molecular weight excluding hydrogens is 304 g/mol. The lowest BCUT2D eigenvalue weighted by Crippen LogP contribution is -2.15. The van der Waals surface area contributed by atoms with Gasteiger partial charge in [-0.15, -0.1) is 0 Å². The molecule has 0 saturated carbocycles. The van der Waals surface area contributed by atoms with Gasteiger partial charge in [-0.1, -0.05) is 52.0 Å². The molecule has 0 heterocycles. The molecule has 0 radical (unpaired) electrons. The summed E-state index contributed by atoms with van der Waals surface area (Å²) in [6.07, 6.45) is 7.19. The molecule has 0 aliphatic carbocycles. The average molecular weight is 334 g/mol. The highest BCUT2D eigenvalue weighted by molar-refractivity contribution is 5.95. The lowest BCUT2D eigenvalue weighted by atomic mass is 10.1. The van der Waals surface area contributed by atoms with Gasteiger partial charge in [-0.05, 0) is 38.0 Å². The number of hydrogen-bond donors (Lipinski definition) is 0. The molecule has 0 saturated heterocycles. The molecule has 1 atom stereocenters. The van der Waals surface area contributed by atoms with E-state index in [1.165, 1.54) is 19.3 Å². The summed E-state index contributed by atoms with van der Waals surface area (Å²) in [6.45, 7) is 6.51. The highest BCUT2D eigenvalue weighted by atomic mass is 16.5. The van der Waals surface area contributed by atoms with Crippen molar-refractivity contribution in [3.05, 3.63) is 35.4 Å². The van der Waals surface area contributed by atoms with Crippen molar-refractivity contribution in [3.63, 3.8) is 0 Å². The van der Waals surface area contributed by atoms with E-state index < -0.39 is 5.97 Å². The molecule has 0 bridgehead atoms. The van der Waals surface area contributed by atoms with Crippen molar-refractivity contribution in [3.8, 4) is 0 Å². The molecule has 0 aliphatic rings. The van der Waals surface area contributed by atoms with Gasteiger partial charge in [-0.3, -0.25) is 0 Å². The second-order valence-corrected chi connectivity index (χ2v) is 6.14. The number of rotatable bonds is 11. The van der Waals surface area contributed by atoms with E-state index in [9.17, 15) is 9.59 Å². The van der Waals surface area contributed by atoms with Crippen LogP contribution in [0.2, 0.25) is 0 Å². The molecule has 1 unspecified atom stereocenters. The SMILES string of the molecule is CCCCCCCOC(=O)c1cccc(C(=O)OC(C)CCC)c1. The lowest BCUT2D eigenvalue weighted by molar-refractivity contribution is 0.0323. The van der Waals surface area contributed by atoms with E-state index in [-0.39, 0.29) is 12.1 Å². The van der Waals surface area contributed by atoms with E-state index in [4.69, 9.17) is 9.47 Å². The summed E-state index contributed by atoms with van der Waals surface area (Å²) >= 11 is 0.